The molecule has 0 bridgehead atoms. The Bertz CT molecular complexity index is 1220. The molecule has 2 aliphatic heterocycles. The van der Waals surface area contributed by atoms with Crippen LogP contribution in [0.25, 0.3) is 6.08 Å². The highest BCUT2D eigenvalue weighted by molar-refractivity contribution is 6.30. The molecule has 2 heterocycles. The number of benzene rings is 2. The third-order valence-corrected chi connectivity index (χ3v) is 7.03. The molecule has 2 N–H and O–H groups in total. The molecule has 0 unspecified atom stereocenters. The lowest BCUT2D eigenvalue weighted by Gasteiger charge is -2.47. The number of urea groups is 1. The van der Waals surface area contributed by atoms with E-state index < -0.39 is 17.8 Å². The van der Waals surface area contributed by atoms with Crippen molar-refractivity contribution in [3.63, 3.8) is 0 Å². The number of rotatable bonds is 5. The highest BCUT2D eigenvalue weighted by Gasteiger charge is 2.37. The molecule has 4 amide bonds. The zero-order chi connectivity index (χ0) is 25.5. The first-order valence-electron chi connectivity index (χ1n) is 11.8. The summed E-state index contributed by atoms with van der Waals surface area (Å²) < 4.78 is 0. The number of amides is 4. The number of hydrogen-bond acceptors (Lipinski definition) is 4. The molecule has 1 atom stereocenters. The van der Waals surface area contributed by atoms with Gasteiger partial charge < -0.3 is 15.5 Å². The van der Waals surface area contributed by atoms with E-state index in [1.54, 1.807) is 30.3 Å². The Balaban J connectivity index is 1.55. The quantitative estimate of drug-likeness (QED) is 0.437. The van der Waals surface area contributed by atoms with E-state index in [-0.39, 0.29) is 17.8 Å². The van der Waals surface area contributed by atoms with Gasteiger partial charge in [0.1, 0.15) is 12.2 Å². The Kier molecular flexibility index (Phi) is 6.64. The van der Waals surface area contributed by atoms with Crippen molar-refractivity contribution >= 4 is 46.9 Å². The lowest BCUT2D eigenvalue weighted by atomic mass is 9.79. The van der Waals surface area contributed by atoms with Gasteiger partial charge in [-0.15, -0.1) is 0 Å². The maximum atomic E-state index is 13.0. The van der Waals surface area contributed by atoms with Crippen LogP contribution in [0.2, 0.25) is 5.02 Å². The molecule has 184 valence electrons. The van der Waals surface area contributed by atoms with Crippen molar-refractivity contribution in [3.8, 4) is 0 Å². The van der Waals surface area contributed by atoms with E-state index in [0.717, 1.165) is 29.0 Å². The maximum Gasteiger partial charge on any atom is 0.329 e. The number of carbonyl (C=O) groups is 3. The molecule has 2 aromatic rings. The number of fused-ring (bicyclic) bond motifs is 1. The zero-order valence-electron chi connectivity index (χ0n) is 20.7. The van der Waals surface area contributed by atoms with Gasteiger partial charge in [0.15, 0.2) is 0 Å². The predicted octanol–water partition coefficient (Wildman–Crippen LogP) is 5.29. The highest BCUT2D eigenvalue weighted by Crippen LogP contribution is 2.44. The van der Waals surface area contributed by atoms with E-state index in [1.807, 2.05) is 6.92 Å². The topological polar surface area (TPSA) is 81.8 Å². The first-order chi connectivity index (χ1) is 16.5. The van der Waals surface area contributed by atoms with E-state index in [9.17, 15) is 14.4 Å². The fraction of sp³-hybridized carbons (Fsp3) is 0.370. The molecule has 0 aromatic heterocycles. The number of carbonyl (C=O) groups excluding carboxylic acids is 3. The van der Waals surface area contributed by atoms with Crippen LogP contribution in [-0.4, -0.2) is 41.4 Å². The number of halogens is 1. The van der Waals surface area contributed by atoms with Crippen LogP contribution < -0.4 is 15.5 Å². The van der Waals surface area contributed by atoms with Gasteiger partial charge in [0, 0.05) is 28.5 Å². The lowest BCUT2D eigenvalue weighted by molar-refractivity contribution is -0.127. The average molecular weight is 495 g/mol. The fourth-order valence-electron chi connectivity index (χ4n) is 5.15. The molecule has 2 aromatic carbocycles. The summed E-state index contributed by atoms with van der Waals surface area (Å²) in [4.78, 5) is 41.2. The third-order valence-electron chi connectivity index (χ3n) is 6.78. The SMILES string of the molecule is CCN1c2cc(C)c(/C=C3\NC(=O)N(CC(=O)Nc4ccc(Cl)cc4)C3=O)cc2[C@H](C)CC1(C)C. The molecule has 4 rings (SSSR count). The summed E-state index contributed by atoms with van der Waals surface area (Å²) >= 11 is 5.86. The first-order valence-corrected chi connectivity index (χ1v) is 12.2. The van der Waals surface area contributed by atoms with Crippen molar-refractivity contribution in [2.75, 3.05) is 23.3 Å². The minimum atomic E-state index is -0.615. The van der Waals surface area contributed by atoms with Crippen LogP contribution >= 0.6 is 11.6 Å². The normalized spacial score (nSPS) is 20.2. The first kappa shape index (κ1) is 24.8. The fourth-order valence-corrected chi connectivity index (χ4v) is 5.28. The monoisotopic (exact) mass is 494 g/mol. The summed E-state index contributed by atoms with van der Waals surface area (Å²) in [5.41, 5.74) is 5.11. The van der Waals surface area contributed by atoms with Gasteiger partial charge in [0.05, 0.1) is 0 Å². The molecule has 8 heteroatoms. The molecular weight excluding hydrogens is 464 g/mol. The minimum absolute atomic E-state index is 0.0655. The second kappa shape index (κ2) is 9.38. The summed E-state index contributed by atoms with van der Waals surface area (Å²) in [6, 6.07) is 10.3. The average Bonchev–Trinajstić information content (AvgIpc) is 3.03. The summed E-state index contributed by atoms with van der Waals surface area (Å²) in [6.07, 6.45) is 2.73. The van der Waals surface area contributed by atoms with Crippen LogP contribution in [0.5, 0.6) is 0 Å². The molecule has 0 aliphatic carbocycles. The van der Waals surface area contributed by atoms with E-state index in [2.05, 4.69) is 55.4 Å². The second-order valence-electron chi connectivity index (χ2n) is 9.86. The molecule has 35 heavy (non-hydrogen) atoms. The van der Waals surface area contributed by atoms with Crippen LogP contribution in [0.1, 0.15) is 56.7 Å². The summed E-state index contributed by atoms with van der Waals surface area (Å²) in [7, 11) is 0. The van der Waals surface area contributed by atoms with Crippen molar-refractivity contribution in [3.05, 3.63) is 63.8 Å². The Morgan fingerprint density at radius 3 is 2.57 bits per heavy atom. The van der Waals surface area contributed by atoms with Crippen molar-refractivity contribution in [2.24, 2.45) is 0 Å². The van der Waals surface area contributed by atoms with Gasteiger partial charge >= 0.3 is 6.03 Å². The van der Waals surface area contributed by atoms with Crippen LogP contribution in [-0.2, 0) is 9.59 Å². The Hall–Kier alpha value is -3.32. The molecule has 1 fully saturated rings. The van der Waals surface area contributed by atoms with E-state index in [1.165, 1.54) is 11.3 Å². The lowest BCUT2D eigenvalue weighted by Crippen LogP contribution is -2.48. The minimum Gasteiger partial charge on any atom is -0.366 e. The third kappa shape index (κ3) is 4.91. The van der Waals surface area contributed by atoms with Crippen molar-refractivity contribution in [2.45, 2.75) is 52.5 Å². The molecular formula is C27H31ClN4O3. The van der Waals surface area contributed by atoms with E-state index in [0.29, 0.717) is 16.6 Å². The summed E-state index contributed by atoms with van der Waals surface area (Å²) in [5, 5.41) is 5.84. The van der Waals surface area contributed by atoms with Crippen LogP contribution in [0.15, 0.2) is 42.1 Å². The number of anilines is 2. The Morgan fingerprint density at radius 2 is 1.91 bits per heavy atom. The van der Waals surface area contributed by atoms with Gasteiger partial charge in [-0.3, -0.25) is 9.59 Å². The van der Waals surface area contributed by atoms with Gasteiger partial charge in [-0.2, -0.15) is 0 Å². The number of imide groups is 1. The van der Waals surface area contributed by atoms with Crippen molar-refractivity contribution in [1.29, 1.82) is 0 Å². The van der Waals surface area contributed by atoms with Crippen LogP contribution in [0.4, 0.5) is 16.2 Å². The predicted molar refractivity (Wildman–Crippen MR) is 140 cm³/mol. The van der Waals surface area contributed by atoms with Gasteiger partial charge in [0.2, 0.25) is 5.91 Å². The van der Waals surface area contributed by atoms with Crippen molar-refractivity contribution < 1.29 is 14.4 Å². The van der Waals surface area contributed by atoms with Crippen molar-refractivity contribution in [1.82, 2.24) is 10.2 Å². The standard InChI is InChI=1S/C27H31ClN4O3/c1-6-32-23-11-16(2)18(12-21(23)17(3)14-27(32,4)5)13-22-25(34)31(26(35)30-22)15-24(33)29-20-9-7-19(28)8-10-20/h7-13,17H,6,14-15H2,1-5H3,(H,29,33)(H,30,35)/b22-13-/t17-/m1/s1. The molecule has 0 spiro atoms. The zero-order valence-corrected chi connectivity index (χ0v) is 21.5. The molecule has 0 radical (unpaired) electrons. The summed E-state index contributed by atoms with van der Waals surface area (Å²) in [6.45, 7) is 11.5. The molecule has 2 aliphatic rings. The number of nitrogens with zero attached hydrogens (tertiary/aromatic N) is 2. The number of nitrogens with one attached hydrogen (secondary N) is 2. The van der Waals surface area contributed by atoms with E-state index >= 15 is 0 Å². The maximum absolute atomic E-state index is 13.0. The second-order valence-corrected chi connectivity index (χ2v) is 10.3. The number of aryl methyl sites for hydroxylation is 1. The smallest absolute Gasteiger partial charge is 0.329 e. The van der Waals surface area contributed by atoms with Gasteiger partial charge in [-0.05, 0) is 99.2 Å². The Morgan fingerprint density at radius 1 is 1.23 bits per heavy atom. The Labute approximate surface area is 211 Å². The molecule has 7 nitrogen and oxygen atoms in total. The molecule has 1 saturated heterocycles. The van der Waals surface area contributed by atoms with Gasteiger partial charge in [-0.1, -0.05) is 18.5 Å². The largest absolute Gasteiger partial charge is 0.366 e. The highest BCUT2D eigenvalue weighted by atomic mass is 35.5. The summed E-state index contributed by atoms with van der Waals surface area (Å²) in [5.74, 6) is -0.636. The molecule has 0 saturated carbocycles. The van der Waals surface area contributed by atoms with Crippen LogP contribution in [0, 0.1) is 6.92 Å². The number of hydrogen-bond donors (Lipinski definition) is 2. The van der Waals surface area contributed by atoms with E-state index in [4.69, 9.17) is 11.6 Å². The van der Waals surface area contributed by atoms with Gasteiger partial charge in [-0.25, -0.2) is 9.69 Å². The van der Waals surface area contributed by atoms with Crippen LogP contribution in [0.3, 0.4) is 0 Å². The van der Waals surface area contributed by atoms with Gasteiger partial charge in [0.25, 0.3) is 5.91 Å².